The van der Waals surface area contributed by atoms with Crippen LogP contribution in [0, 0.1) is 0 Å². The number of hydrogen-bond acceptors (Lipinski definition) is 4. The third kappa shape index (κ3) is 4.79. The smallest absolute Gasteiger partial charge is 0.255 e. The predicted molar refractivity (Wildman–Crippen MR) is 90.1 cm³/mol. The quantitative estimate of drug-likeness (QED) is 0.748. The van der Waals surface area contributed by atoms with Crippen molar-refractivity contribution in [3.8, 4) is 5.75 Å². The lowest BCUT2D eigenvalue weighted by Crippen LogP contribution is -2.42. The van der Waals surface area contributed by atoms with Crippen LogP contribution >= 0.6 is 0 Å². The second-order valence-electron chi connectivity index (χ2n) is 6.06. The summed E-state index contributed by atoms with van der Waals surface area (Å²) < 4.78 is 5.20. The zero-order valence-electron chi connectivity index (χ0n) is 14.6. The molecular weight excluding hydrogens is 294 g/mol. The van der Waals surface area contributed by atoms with Crippen molar-refractivity contribution in [1.29, 1.82) is 0 Å². The van der Waals surface area contributed by atoms with Crippen molar-refractivity contribution in [2.24, 2.45) is 0 Å². The van der Waals surface area contributed by atoms with E-state index < -0.39 is 0 Å². The van der Waals surface area contributed by atoms with Gasteiger partial charge in [-0.2, -0.15) is 0 Å². The average Bonchev–Trinajstić information content (AvgIpc) is 2.51. The first-order valence-electron chi connectivity index (χ1n) is 7.98. The summed E-state index contributed by atoms with van der Waals surface area (Å²) in [4.78, 5) is 27.1. The van der Waals surface area contributed by atoms with Crippen LogP contribution in [0.1, 0.15) is 61.3 Å². The number of ether oxygens (including phenoxy) is 1. The summed E-state index contributed by atoms with van der Waals surface area (Å²) in [6.45, 7) is 7.75. The van der Waals surface area contributed by atoms with Gasteiger partial charge in [0, 0.05) is 30.7 Å². The standard InChI is InChI=1S/C18H27NO4/c1-12(2)19(13(3)4)18(22)16-11-14(23-5)8-9-15(16)17(21)7-6-10-20/h8-9,11-13,20H,6-7,10H2,1-5H3. The summed E-state index contributed by atoms with van der Waals surface area (Å²) in [7, 11) is 1.53. The number of amides is 1. The second-order valence-corrected chi connectivity index (χ2v) is 6.06. The van der Waals surface area contributed by atoms with Crippen LogP contribution in [-0.2, 0) is 0 Å². The summed E-state index contributed by atoms with van der Waals surface area (Å²) in [6.07, 6.45) is 0.600. The molecule has 128 valence electrons. The van der Waals surface area contributed by atoms with Crippen LogP contribution in [0.15, 0.2) is 18.2 Å². The van der Waals surface area contributed by atoms with Crippen molar-refractivity contribution >= 4 is 11.7 Å². The molecule has 1 rings (SSSR count). The van der Waals surface area contributed by atoms with Gasteiger partial charge < -0.3 is 14.7 Å². The minimum Gasteiger partial charge on any atom is -0.497 e. The molecule has 5 heteroatoms. The molecule has 0 radical (unpaired) electrons. The molecular formula is C18H27NO4. The van der Waals surface area contributed by atoms with Crippen molar-refractivity contribution < 1.29 is 19.4 Å². The first-order chi connectivity index (χ1) is 10.8. The van der Waals surface area contributed by atoms with Gasteiger partial charge in [-0.15, -0.1) is 0 Å². The van der Waals surface area contributed by atoms with E-state index in [4.69, 9.17) is 9.84 Å². The van der Waals surface area contributed by atoms with Crippen molar-refractivity contribution in [1.82, 2.24) is 4.90 Å². The van der Waals surface area contributed by atoms with E-state index in [2.05, 4.69) is 0 Å². The largest absolute Gasteiger partial charge is 0.497 e. The Labute approximate surface area is 138 Å². The van der Waals surface area contributed by atoms with E-state index in [1.807, 2.05) is 27.7 Å². The van der Waals surface area contributed by atoms with Crippen molar-refractivity contribution in [2.45, 2.75) is 52.6 Å². The van der Waals surface area contributed by atoms with E-state index >= 15 is 0 Å². The van der Waals surface area contributed by atoms with Gasteiger partial charge in [-0.25, -0.2) is 0 Å². The molecule has 0 aliphatic rings. The lowest BCUT2D eigenvalue weighted by atomic mass is 9.98. The van der Waals surface area contributed by atoms with Crippen LogP contribution in [0.4, 0.5) is 0 Å². The molecule has 1 aromatic carbocycles. The number of rotatable bonds is 8. The second kappa shape index (κ2) is 8.67. The third-order valence-electron chi connectivity index (χ3n) is 3.67. The van der Waals surface area contributed by atoms with Gasteiger partial charge in [0.05, 0.1) is 12.7 Å². The topological polar surface area (TPSA) is 66.8 Å². The van der Waals surface area contributed by atoms with Crippen LogP contribution in [0.25, 0.3) is 0 Å². The molecule has 0 atom stereocenters. The average molecular weight is 321 g/mol. The van der Waals surface area contributed by atoms with Gasteiger partial charge in [-0.1, -0.05) is 0 Å². The lowest BCUT2D eigenvalue weighted by Gasteiger charge is -2.31. The SMILES string of the molecule is COc1ccc(C(=O)CCCO)c(C(=O)N(C(C)C)C(C)C)c1. The fourth-order valence-electron chi connectivity index (χ4n) is 2.65. The predicted octanol–water partition coefficient (Wildman–Crippen LogP) is 2.91. The first kappa shape index (κ1) is 19.2. The number of aliphatic hydroxyl groups is 1. The van der Waals surface area contributed by atoms with E-state index in [1.54, 1.807) is 23.1 Å². The lowest BCUT2D eigenvalue weighted by molar-refractivity contribution is 0.0639. The minimum absolute atomic E-state index is 0.0223. The van der Waals surface area contributed by atoms with Gasteiger partial charge in [0.25, 0.3) is 5.91 Å². The van der Waals surface area contributed by atoms with E-state index in [-0.39, 0.29) is 36.8 Å². The number of methoxy groups -OCH3 is 1. The Hall–Kier alpha value is -1.88. The molecule has 0 fully saturated rings. The Morgan fingerprint density at radius 3 is 2.22 bits per heavy atom. The highest BCUT2D eigenvalue weighted by Crippen LogP contribution is 2.23. The number of carbonyl (C=O) groups is 2. The molecule has 1 amide bonds. The molecule has 1 aromatic rings. The highest BCUT2D eigenvalue weighted by atomic mass is 16.5. The Balaban J connectivity index is 3.29. The first-order valence-corrected chi connectivity index (χ1v) is 7.98. The molecule has 0 aliphatic carbocycles. The minimum atomic E-state index is -0.179. The summed E-state index contributed by atoms with van der Waals surface area (Å²) in [5.41, 5.74) is 0.741. The Morgan fingerprint density at radius 2 is 1.74 bits per heavy atom. The Kier molecular flexibility index (Phi) is 7.23. The molecule has 5 nitrogen and oxygen atoms in total. The highest BCUT2D eigenvalue weighted by Gasteiger charge is 2.26. The monoisotopic (exact) mass is 321 g/mol. The summed E-state index contributed by atoms with van der Waals surface area (Å²) >= 11 is 0. The number of nitrogens with zero attached hydrogens (tertiary/aromatic N) is 1. The van der Waals surface area contributed by atoms with Crippen molar-refractivity contribution in [2.75, 3.05) is 13.7 Å². The fraction of sp³-hybridized carbons (Fsp3) is 0.556. The molecule has 0 bridgehead atoms. The van der Waals surface area contributed by atoms with Gasteiger partial charge in [0.1, 0.15) is 5.75 Å². The molecule has 0 saturated carbocycles. The number of aliphatic hydroxyl groups excluding tert-OH is 1. The third-order valence-corrected chi connectivity index (χ3v) is 3.67. The molecule has 0 aliphatic heterocycles. The Morgan fingerprint density at radius 1 is 1.13 bits per heavy atom. The maximum absolute atomic E-state index is 13.0. The van der Waals surface area contributed by atoms with Gasteiger partial charge >= 0.3 is 0 Å². The van der Waals surface area contributed by atoms with Gasteiger partial charge in [-0.3, -0.25) is 9.59 Å². The molecule has 0 spiro atoms. The van der Waals surface area contributed by atoms with Crippen molar-refractivity contribution in [3.63, 3.8) is 0 Å². The number of hydrogen-bond donors (Lipinski definition) is 1. The maximum atomic E-state index is 13.0. The van der Waals surface area contributed by atoms with Gasteiger partial charge in [0.2, 0.25) is 0 Å². The summed E-state index contributed by atoms with van der Waals surface area (Å²) in [5.74, 6) is 0.221. The van der Waals surface area contributed by atoms with Gasteiger partial charge in [-0.05, 0) is 52.3 Å². The van der Waals surface area contributed by atoms with Crippen LogP contribution in [0.3, 0.4) is 0 Å². The zero-order chi connectivity index (χ0) is 17.6. The summed E-state index contributed by atoms with van der Waals surface area (Å²) in [5, 5.41) is 8.91. The Bertz CT molecular complexity index is 544. The molecule has 0 saturated heterocycles. The summed E-state index contributed by atoms with van der Waals surface area (Å²) in [6, 6.07) is 4.97. The van der Waals surface area contributed by atoms with E-state index in [0.717, 1.165) is 0 Å². The number of Topliss-reactive ketones (excluding diaryl/α,β-unsaturated/α-hetero) is 1. The molecule has 0 aromatic heterocycles. The molecule has 0 heterocycles. The van der Waals surface area contributed by atoms with Crippen LogP contribution in [-0.4, -0.2) is 47.5 Å². The van der Waals surface area contributed by atoms with E-state index in [1.165, 1.54) is 7.11 Å². The molecule has 23 heavy (non-hydrogen) atoms. The number of carbonyl (C=O) groups excluding carboxylic acids is 2. The van der Waals surface area contributed by atoms with Gasteiger partial charge in [0.15, 0.2) is 5.78 Å². The number of benzene rings is 1. The van der Waals surface area contributed by atoms with E-state index in [0.29, 0.717) is 23.3 Å². The molecule has 1 N–H and O–H groups in total. The highest BCUT2D eigenvalue weighted by molar-refractivity contribution is 6.08. The van der Waals surface area contributed by atoms with Crippen LogP contribution in [0.2, 0.25) is 0 Å². The van der Waals surface area contributed by atoms with E-state index in [9.17, 15) is 9.59 Å². The molecule has 0 unspecified atom stereocenters. The van der Waals surface area contributed by atoms with Crippen molar-refractivity contribution in [3.05, 3.63) is 29.3 Å². The fourth-order valence-corrected chi connectivity index (χ4v) is 2.65. The normalized spacial score (nSPS) is 11.0. The van der Waals surface area contributed by atoms with Crippen LogP contribution < -0.4 is 4.74 Å². The maximum Gasteiger partial charge on any atom is 0.255 e. The number of ketones is 1. The van der Waals surface area contributed by atoms with Crippen LogP contribution in [0.5, 0.6) is 5.75 Å². The zero-order valence-corrected chi connectivity index (χ0v) is 14.6.